The van der Waals surface area contributed by atoms with Crippen molar-refractivity contribution in [3.8, 4) is 0 Å². The first-order valence-corrected chi connectivity index (χ1v) is 8.75. The van der Waals surface area contributed by atoms with E-state index < -0.39 is 29.9 Å². The predicted octanol–water partition coefficient (Wildman–Crippen LogP) is 4.07. The van der Waals surface area contributed by atoms with Crippen molar-refractivity contribution < 1.29 is 18.0 Å². The van der Waals surface area contributed by atoms with Gasteiger partial charge in [-0.3, -0.25) is 4.79 Å². The van der Waals surface area contributed by atoms with Crippen molar-refractivity contribution in [3.05, 3.63) is 52.0 Å². The summed E-state index contributed by atoms with van der Waals surface area (Å²) in [6.07, 6.45) is -4.05. The first-order chi connectivity index (χ1) is 11.7. The maximum Gasteiger partial charge on any atom is 0.434 e. The number of amides is 1. The highest BCUT2D eigenvalue weighted by Gasteiger charge is 2.35. The van der Waals surface area contributed by atoms with E-state index in [4.69, 9.17) is 5.73 Å². The second-order valence-electron chi connectivity index (χ2n) is 5.76. The van der Waals surface area contributed by atoms with Gasteiger partial charge in [-0.05, 0) is 12.0 Å². The van der Waals surface area contributed by atoms with Crippen LogP contribution in [0.1, 0.15) is 48.6 Å². The zero-order chi connectivity index (χ0) is 18.6. The highest BCUT2D eigenvalue weighted by molar-refractivity contribution is 7.09. The zero-order valence-electron chi connectivity index (χ0n) is 13.9. The van der Waals surface area contributed by atoms with Crippen molar-refractivity contribution in [2.24, 2.45) is 11.7 Å². The van der Waals surface area contributed by atoms with Crippen LogP contribution in [-0.4, -0.2) is 10.9 Å². The molecule has 0 saturated heterocycles. The molecule has 1 heterocycles. The Labute approximate surface area is 148 Å². The molecule has 3 atom stereocenters. The van der Waals surface area contributed by atoms with Crippen LogP contribution in [0.25, 0.3) is 0 Å². The molecule has 1 aromatic carbocycles. The van der Waals surface area contributed by atoms with Crippen molar-refractivity contribution in [1.29, 1.82) is 0 Å². The fraction of sp³-hybridized carbons (Fsp3) is 0.412. The third-order valence-electron chi connectivity index (χ3n) is 3.97. The molecule has 136 valence electrons. The van der Waals surface area contributed by atoms with Crippen LogP contribution in [-0.2, 0) is 11.0 Å². The molecule has 0 radical (unpaired) electrons. The summed E-state index contributed by atoms with van der Waals surface area (Å²) in [4.78, 5) is 16.1. The Bertz CT molecular complexity index is 703. The average Bonchev–Trinajstić information content (AvgIpc) is 3.09. The minimum atomic E-state index is -4.49. The van der Waals surface area contributed by atoms with Gasteiger partial charge in [-0.15, -0.1) is 11.3 Å². The third-order valence-corrected chi connectivity index (χ3v) is 4.93. The lowest BCUT2D eigenvalue weighted by Gasteiger charge is -2.22. The number of thiazole rings is 1. The van der Waals surface area contributed by atoms with E-state index in [2.05, 4.69) is 10.3 Å². The van der Waals surface area contributed by atoms with Crippen LogP contribution in [0.2, 0.25) is 0 Å². The van der Waals surface area contributed by atoms with Crippen LogP contribution in [0.4, 0.5) is 13.2 Å². The number of benzene rings is 1. The van der Waals surface area contributed by atoms with E-state index in [1.54, 1.807) is 13.8 Å². The quantitative estimate of drug-likeness (QED) is 0.804. The van der Waals surface area contributed by atoms with Crippen molar-refractivity contribution in [2.75, 3.05) is 0 Å². The lowest BCUT2D eigenvalue weighted by atomic mass is 9.94. The minimum Gasteiger partial charge on any atom is -0.347 e. The molecule has 0 aliphatic heterocycles. The van der Waals surface area contributed by atoms with Crippen LogP contribution < -0.4 is 11.1 Å². The number of nitrogens with zero attached hydrogens (tertiary/aromatic N) is 1. The molecule has 1 amide bonds. The summed E-state index contributed by atoms with van der Waals surface area (Å²) < 4.78 is 38.1. The summed E-state index contributed by atoms with van der Waals surface area (Å²) in [6, 6.07) is 8.13. The molecule has 0 bridgehead atoms. The van der Waals surface area contributed by atoms with Gasteiger partial charge in [0.1, 0.15) is 5.01 Å². The number of alkyl halides is 3. The average molecular weight is 371 g/mol. The summed E-state index contributed by atoms with van der Waals surface area (Å²) in [6.45, 7) is 3.48. The van der Waals surface area contributed by atoms with Gasteiger partial charge in [0.2, 0.25) is 5.91 Å². The molecule has 3 N–H and O–H groups in total. The smallest absolute Gasteiger partial charge is 0.347 e. The minimum absolute atomic E-state index is 0.239. The van der Waals surface area contributed by atoms with Gasteiger partial charge < -0.3 is 11.1 Å². The number of hydrogen-bond acceptors (Lipinski definition) is 4. The van der Waals surface area contributed by atoms with Gasteiger partial charge in [0.05, 0.1) is 12.0 Å². The second-order valence-corrected chi connectivity index (χ2v) is 6.65. The molecule has 2 aromatic rings. The molecule has 0 aliphatic rings. The number of aromatic nitrogens is 1. The molecular formula is C17H20F3N3OS. The fourth-order valence-electron chi connectivity index (χ4n) is 2.35. The fourth-order valence-corrected chi connectivity index (χ4v) is 3.31. The van der Waals surface area contributed by atoms with E-state index in [1.165, 1.54) is 0 Å². The van der Waals surface area contributed by atoms with Gasteiger partial charge >= 0.3 is 6.18 Å². The van der Waals surface area contributed by atoms with Gasteiger partial charge in [-0.1, -0.05) is 44.2 Å². The number of nitrogens with two attached hydrogens (primary N) is 1. The number of rotatable bonds is 6. The highest BCUT2D eigenvalue weighted by Crippen LogP contribution is 2.32. The molecule has 2 rings (SSSR count). The van der Waals surface area contributed by atoms with Gasteiger partial charge in [0, 0.05) is 11.4 Å². The Morgan fingerprint density at radius 1 is 1.32 bits per heavy atom. The first-order valence-electron chi connectivity index (χ1n) is 7.87. The highest BCUT2D eigenvalue weighted by atomic mass is 32.1. The Balaban J connectivity index is 2.07. The molecule has 0 saturated carbocycles. The van der Waals surface area contributed by atoms with E-state index >= 15 is 0 Å². The van der Waals surface area contributed by atoms with Crippen LogP contribution in [0.3, 0.4) is 0 Å². The normalized spacial score (nSPS) is 15.4. The Morgan fingerprint density at radius 2 is 1.96 bits per heavy atom. The van der Waals surface area contributed by atoms with Gasteiger partial charge in [0.25, 0.3) is 0 Å². The maximum absolute atomic E-state index is 12.7. The van der Waals surface area contributed by atoms with Crippen LogP contribution in [0.5, 0.6) is 0 Å². The van der Waals surface area contributed by atoms with Gasteiger partial charge in [-0.25, -0.2) is 4.98 Å². The molecular weight excluding hydrogens is 351 g/mol. The van der Waals surface area contributed by atoms with E-state index in [0.717, 1.165) is 22.3 Å². The molecule has 0 spiro atoms. The van der Waals surface area contributed by atoms with E-state index in [9.17, 15) is 18.0 Å². The van der Waals surface area contributed by atoms with E-state index in [1.807, 2.05) is 30.3 Å². The van der Waals surface area contributed by atoms with E-state index in [-0.39, 0.29) is 10.9 Å². The first kappa shape index (κ1) is 19.4. The summed E-state index contributed by atoms with van der Waals surface area (Å²) in [7, 11) is 0. The summed E-state index contributed by atoms with van der Waals surface area (Å²) in [5, 5.41) is 3.96. The molecule has 3 unspecified atom stereocenters. The molecule has 1 aromatic heterocycles. The van der Waals surface area contributed by atoms with Crippen LogP contribution >= 0.6 is 11.3 Å². The lowest BCUT2D eigenvalue weighted by Crippen LogP contribution is -2.37. The molecule has 8 heteroatoms. The Kier molecular flexibility index (Phi) is 6.18. The number of nitrogens with one attached hydrogen (secondary N) is 1. The zero-order valence-corrected chi connectivity index (χ0v) is 14.7. The van der Waals surface area contributed by atoms with Crippen LogP contribution in [0.15, 0.2) is 35.7 Å². The topological polar surface area (TPSA) is 68.0 Å². The monoisotopic (exact) mass is 371 g/mol. The Hall–Kier alpha value is -1.93. The second kappa shape index (κ2) is 7.97. The SMILES string of the molecule is CCC(NC(=O)C(C)C(N)c1ccccc1)c1nc(C(F)(F)F)cs1. The number of carbonyl (C=O) groups excluding carboxylic acids is 1. The van der Waals surface area contributed by atoms with Gasteiger partial charge in [-0.2, -0.15) is 13.2 Å². The van der Waals surface area contributed by atoms with Crippen LogP contribution in [0, 0.1) is 5.92 Å². The summed E-state index contributed by atoms with van der Waals surface area (Å²) >= 11 is 0.890. The predicted molar refractivity (Wildman–Crippen MR) is 90.8 cm³/mol. The van der Waals surface area contributed by atoms with Crippen molar-refractivity contribution in [3.63, 3.8) is 0 Å². The summed E-state index contributed by atoms with van der Waals surface area (Å²) in [5.74, 6) is -0.842. The number of hydrogen-bond donors (Lipinski definition) is 2. The van der Waals surface area contributed by atoms with Crippen molar-refractivity contribution >= 4 is 17.2 Å². The van der Waals surface area contributed by atoms with Gasteiger partial charge in [0.15, 0.2) is 5.69 Å². The molecule has 25 heavy (non-hydrogen) atoms. The molecule has 4 nitrogen and oxygen atoms in total. The lowest BCUT2D eigenvalue weighted by molar-refractivity contribution is -0.140. The van der Waals surface area contributed by atoms with Crippen molar-refractivity contribution in [2.45, 2.75) is 38.5 Å². The maximum atomic E-state index is 12.7. The third kappa shape index (κ3) is 4.79. The van der Waals surface area contributed by atoms with Crippen molar-refractivity contribution in [1.82, 2.24) is 10.3 Å². The molecule has 0 fully saturated rings. The number of carbonyl (C=O) groups is 1. The van der Waals surface area contributed by atoms with E-state index in [0.29, 0.717) is 6.42 Å². The Morgan fingerprint density at radius 3 is 2.48 bits per heavy atom. The summed E-state index contributed by atoms with van der Waals surface area (Å²) in [5.41, 5.74) is 6.02. The number of halogens is 3. The largest absolute Gasteiger partial charge is 0.434 e. The standard InChI is InChI=1S/C17H20F3N3OS/c1-3-12(16-23-13(9-25-16)17(18,19)20)22-15(24)10(2)14(21)11-7-5-4-6-8-11/h4-10,12,14H,3,21H2,1-2H3,(H,22,24). The molecule has 0 aliphatic carbocycles.